The molecular weight excluding hydrogens is 929 g/mol. The Morgan fingerprint density at radius 3 is 2.26 bits per heavy atom. The summed E-state index contributed by atoms with van der Waals surface area (Å²) in [4.78, 5) is 18.4. The molecule has 3 aromatic carbocycles. The number of thioether (sulfide) groups is 1. The largest absolute Gasteiger partial charge is 0.501 e. The number of rotatable bonds is 16. The van der Waals surface area contributed by atoms with E-state index in [-0.39, 0.29) is 29.7 Å². The number of carbonyl (C=O) groups excluding carboxylic acids is 1. The lowest BCUT2D eigenvalue weighted by Crippen LogP contribution is -2.47. The summed E-state index contributed by atoms with van der Waals surface area (Å²) in [5, 5.41) is 2.95. The minimum Gasteiger partial charge on any atom is -0.380 e. The van der Waals surface area contributed by atoms with Gasteiger partial charge in [0.25, 0.3) is 25.8 Å². The molecule has 20 heteroatoms. The van der Waals surface area contributed by atoms with Crippen LogP contribution in [-0.2, 0) is 24.6 Å². The fraction of sp³-hybridized carbons (Fsp3) is 0.543. The number of hydrogen-bond acceptors (Lipinski definition) is 11. The van der Waals surface area contributed by atoms with Gasteiger partial charge in [0, 0.05) is 75.4 Å². The van der Waals surface area contributed by atoms with Gasteiger partial charge in [0.15, 0.2) is 0 Å². The maximum absolute atomic E-state index is 14.2. The summed E-state index contributed by atoms with van der Waals surface area (Å²) in [7, 11) is -11.0. The van der Waals surface area contributed by atoms with E-state index in [1.165, 1.54) is 35.0 Å². The molecule has 360 valence electrons. The molecule has 3 fully saturated rings. The van der Waals surface area contributed by atoms with Crippen molar-refractivity contribution in [2.75, 3.05) is 81.5 Å². The summed E-state index contributed by atoms with van der Waals surface area (Å²) in [6.45, 7) is 10.7. The molecule has 0 spiro atoms. The van der Waals surface area contributed by atoms with Crippen molar-refractivity contribution < 1.29 is 52.7 Å². The molecule has 66 heavy (non-hydrogen) atoms. The van der Waals surface area contributed by atoms with Gasteiger partial charge in [-0.3, -0.25) is 14.6 Å². The Balaban J connectivity index is 1.00. The van der Waals surface area contributed by atoms with E-state index in [1.807, 2.05) is 4.72 Å². The summed E-state index contributed by atoms with van der Waals surface area (Å²) in [5.41, 5.74) is -2.95. The molecular formula is C46H55F6N5O6S3. The van der Waals surface area contributed by atoms with E-state index in [0.29, 0.717) is 88.7 Å². The fourth-order valence-electron chi connectivity index (χ4n) is 9.08. The Bertz CT molecular complexity index is 2420. The van der Waals surface area contributed by atoms with Crippen LogP contribution in [0.2, 0.25) is 0 Å². The van der Waals surface area contributed by atoms with Crippen LogP contribution in [0.25, 0.3) is 0 Å². The standard InChI is InChI=1S/C46H55F6N5O6S3/c1-44(2)16-14-40(33-26-35(27-33)45(47,48)49)34(29-44)30-56-18-20-57(21-19-56)37-10-8-32(9-11-37)43(58)54-66(61,62)39-12-13-41(42(28-39)65(59,60)46(50,51)52)53-36(15-17-55-22-24-63-25-23-55)31-64-38-6-4-3-5-7-38/h3-4,6,8-13,28,33,35-36,53H,14-27,29-31H2,1-2H3,(H,54,58)/t33?,35?,36-/m1/s1. The highest BCUT2D eigenvalue weighted by atomic mass is 32.2. The SMILES string of the molecule is CC1(C)CCC(C2CC(C(F)(F)F)C2)=C(CN2CCN(c3ccc(C(=O)NS(=O)(=O)c4ccc(N[C@H](CCN5CCOCC5)CSc5c#cccc5)c(S(=O)(=O)C(F)(F)F)c4)cc3)CC2)C1. The van der Waals surface area contributed by atoms with Crippen LogP contribution in [0.15, 0.2) is 86.5 Å². The molecule has 2 N–H and O–H groups in total. The second-order valence-corrected chi connectivity index (χ2v) is 22.9. The number of alkyl halides is 6. The third-order valence-electron chi connectivity index (χ3n) is 13.0. The zero-order valence-corrected chi connectivity index (χ0v) is 39.3. The molecule has 0 unspecified atom stereocenters. The van der Waals surface area contributed by atoms with Crippen LogP contribution in [0.1, 0.15) is 62.7 Å². The summed E-state index contributed by atoms with van der Waals surface area (Å²) >= 11 is 1.34. The average Bonchev–Trinajstić information content (AvgIpc) is 3.24. The number of piperazine rings is 1. The first-order chi connectivity index (χ1) is 31.1. The minimum absolute atomic E-state index is 0.0112. The van der Waals surface area contributed by atoms with E-state index in [0.717, 1.165) is 37.1 Å². The Morgan fingerprint density at radius 1 is 0.924 bits per heavy atom. The van der Waals surface area contributed by atoms with Crippen molar-refractivity contribution in [2.45, 2.75) is 84.8 Å². The van der Waals surface area contributed by atoms with E-state index >= 15 is 0 Å². The van der Waals surface area contributed by atoms with E-state index < -0.39 is 64.9 Å². The number of benzene rings is 2. The number of amides is 1. The third-order valence-corrected chi connectivity index (χ3v) is 17.0. The second-order valence-electron chi connectivity index (χ2n) is 18.3. The zero-order valence-electron chi connectivity index (χ0n) is 36.8. The van der Waals surface area contributed by atoms with Crippen LogP contribution in [-0.4, -0.2) is 122 Å². The van der Waals surface area contributed by atoms with Crippen molar-refractivity contribution in [3.05, 3.63) is 89.5 Å². The quantitative estimate of drug-likeness (QED) is 0.0820. The molecule has 1 saturated carbocycles. The number of ether oxygens (including phenoxy) is 1. The molecule has 2 saturated heterocycles. The second kappa shape index (κ2) is 20.3. The smallest absolute Gasteiger partial charge is 0.380 e. The highest BCUT2D eigenvalue weighted by molar-refractivity contribution is 7.99. The van der Waals surface area contributed by atoms with Crippen LogP contribution in [0.5, 0.6) is 0 Å². The average molecular weight is 984 g/mol. The number of carbonyl (C=O) groups is 1. The molecule has 11 nitrogen and oxygen atoms in total. The molecule has 7 rings (SSSR count). The van der Waals surface area contributed by atoms with Gasteiger partial charge in [-0.1, -0.05) is 43.2 Å². The molecule has 4 aliphatic rings. The first-order valence-electron chi connectivity index (χ1n) is 22.0. The van der Waals surface area contributed by atoms with Gasteiger partial charge in [-0.2, -0.15) is 26.3 Å². The van der Waals surface area contributed by atoms with Crippen molar-refractivity contribution in [1.82, 2.24) is 14.5 Å². The Labute approximate surface area is 387 Å². The number of morpholine rings is 1. The first-order valence-corrected chi connectivity index (χ1v) is 26.0. The van der Waals surface area contributed by atoms with Crippen molar-refractivity contribution in [3.63, 3.8) is 0 Å². The molecule has 0 bridgehead atoms. The monoisotopic (exact) mass is 983 g/mol. The molecule has 2 aliphatic carbocycles. The number of anilines is 2. The zero-order chi connectivity index (χ0) is 47.5. The van der Waals surface area contributed by atoms with Crippen LogP contribution < -0.4 is 14.9 Å². The normalized spacial score (nSPS) is 21.7. The number of allylic oxidation sites excluding steroid dienone is 1. The summed E-state index contributed by atoms with van der Waals surface area (Å²) < 4.78 is 143. The van der Waals surface area contributed by atoms with Gasteiger partial charge in [-0.25, -0.2) is 21.6 Å². The lowest BCUT2D eigenvalue weighted by Gasteiger charge is -2.44. The van der Waals surface area contributed by atoms with Crippen LogP contribution in [0, 0.1) is 29.4 Å². The number of sulfone groups is 1. The number of halogens is 6. The number of nitrogens with zero attached hydrogens (tertiary/aromatic N) is 3. The highest BCUT2D eigenvalue weighted by Crippen LogP contribution is 2.52. The summed E-state index contributed by atoms with van der Waals surface area (Å²) in [6, 6.07) is 18.9. The van der Waals surface area contributed by atoms with E-state index in [4.69, 9.17) is 4.74 Å². The molecule has 3 aromatic rings. The van der Waals surface area contributed by atoms with Crippen LogP contribution >= 0.6 is 11.8 Å². The summed E-state index contributed by atoms with van der Waals surface area (Å²) in [6.07, 6.45) is -0.779. The highest BCUT2D eigenvalue weighted by Gasteiger charge is 2.50. The van der Waals surface area contributed by atoms with E-state index in [2.05, 4.69) is 46.0 Å². The number of sulfonamides is 1. The van der Waals surface area contributed by atoms with Crippen molar-refractivity contribution in [2.24, 2.45) is 17.3 Å². The van der Waals surface area contributed by atoms with Gasteiger partial charge in [-0.05, 0) is 104 Å². The fourth-order valence-corrected chi connectivity index (χ4v) is 12.0. The predicted octanol–water partition coefficient (Wildman–Crippen LogP) is 8.21. The topological polar surface area (TPSA) is 128 Å². The molecule has 0 aromatic heterocycles. The minimum atomic E-state index is -6.09. The van der Waals surface area contributed by atoms with Crippen LogP contribution in [0.3, 0.4) is 0 Å². The first kappa shape index (κ1) is 49.9. The number of nitrogens with one attached hydrogen (secondary N) is 2. The maximum atomic E-state index is 14.2. The number of hydrogen-bond donors (Lipinski definition) is 2. The van der Waals surface area contributed by atoms with Crippen LogP contribution in [0.4, 0.5) is 37.7 Å². The predicted molar refractivity (Wildman–Crippen MR) is 240 cm³/mol. The molecule has 2 aliphatic heterocycles. The van der Waals surface area contributed by atoms with Gasteiger partial charge in [0.2, 0.25) is 0 Å². The van der Waals surface area contributed by atoms with Gasteiger partial charge in [0.05, 0.1) is 34.6 Å². The Morgan fingerprint density at radius 2 is 1.62 bits per heavy atom. The van der Waals surface area contributed by atoms with E-state index in [1.54, 1.807) is 30.3 Å². The molecule has 1 atom stereocenters. The van der Waals surface area contributed by atoms with Gasteiger partial charge in [0.1, 0.15) is 4.90 Å². The molecule has 2 heterocycles. The molecule has 0 radical (unpaired) electrons. The summed E-state index contributed by atoms with van der Waals surface area (Å²) in [5.74, 6) is -2.01. The third kappa shape index (κ3) is 12.4. The van der Waals surface area contributed by atoms with Crippen molar-refractivity contribution in [1.29, 1.82) is 0 Å². The van der Waals surface area contributed by atoms with Crippen molar-refractivity contribution >= 4 is 48.9 Å². The maximum Gasteiger partial charge on any atom is 0.501 e. The molecule has 1 amide bonds. The Kier molecular flexibility index (Phi) is 15.3. The Hall–Kier alpha value is -4.00. The van der Waals surface area contributed by atoms with Crippen molar-refractivity contribution in [3.8, 4) is 0 Å². The van der Waals surface area contributed by atoms with Gasteiger partial charge < -0.3 is 15.0 Å². The van der Waals surface area contributed by atoms with Gasteiger partial charge in [-0.15, -0.1) is 11.8 Å². The lowest BCUT2D eigenvalue weighted by molar-refractivity contribution is -0.201. The van der Waals surface area contributed by atoms with E-state index in [9.17, 15) is 48.0 Å². The lowest BCUT2D eigenvalue weighted by atomic mass is 9.64. The van der Waals surface area contributed by atoms with Gasteiger partial charge >= 0.3 is 11.7 Å².